The van der Waals surface area contributed by atoms with Crippen LogP contribution >= 0.6 is 0 Å². The van der Waals surface area contributed by atoms with Gasteiger partial charge in [0.25, 0.3) is 0 Å². The van der Waals surface area contributed by atoms with E-state index in [9.17, 15) is 9.59 Å². The van der Waals surface area contributed by atoms with Crippen molar-refractivity contribution in [1.82, 2.24) is 10.3 Å². The van der Waals surface area contributed by atoms with Crippen molar-refractivity contribution < 1.29 is 14.7 Å². The average Bonchev–Trinajstić information content (AvgIpc) is 2.89. The first-order chi connectivity index (χ1) is 9.08. The van der Waals surface area contributed by atoms with Gasteiger partial charge in [0.15, 0.2) is 0 Å². The van der Waals surface area contributed by atoms with E-state index >= 15 is 0 Å². The zero-order valence-corrected chi connectivity index (χ0v) is 10.9. The fraction of sp³-hybridized carbons (Fsp3) is 0.500. The quantitative estimate of drug-likeness (QED) is 0.866. The zero-order chi connectivity index (χ0) is 13.8. The van der Waals surface area contributed by atoms with Crippen LogP contribution in [0, 0.1) is 11.8 Å². The number of carboxylic acid groups (broad SMARTS) is 1. The monoisotopic (exact) mass is 262 g/mol. The summed E-state index contributed by atoms with van der Waals surface area (Å²) in [5.74, 6) is -1.40. The number of pyridine rings is 1. The molecular weight excluding hydrogens is 244 g/mol. The van der Waals surface area contributed by atoms with Crippen LogP contribution in [0.3, 0.4) is 0 Å². The van der Waals surface area contributed by atoms with E-state index in [4.69, 9.17) is 5.11 Å². The average molecular weight is 262 g/mol. The smallest absolute Gasteiger partial charge is 0.306 e. The van der Waals surface area contributed by atoms with Crippen LogP contribution in [-0.2, 0) is 9.59 Å². The fourth-order valence-corrected chi connectivity index (χ4v) is 2.49. The van der Waals surface area contributed by atoms with E-state index in [1.54, 1.807) is 12.4 Å². The maximum Gasteiger partial charge on any atom is 0.306 e. The lowest BCUT2D eigenvalue weighted by molar-refractivity contribution is -0.141. The lowest BCUT2D eigenvalue weighted by atomic mass is 10.0. The summed E-state index contributed by atoms with van der Waals surface area (Å²) < 4.78 is 0. The number of hydrogen-bond acceptors (Lipinski definition) is 3. The molecule has 1 heterocycles. The lowest BCUT2D eigenvalue weighted by Gasteiger charge is -2.17. The molecule has 19 heavy (non-hydrogen) atoms. The van der Waals surface area contributed by atoms with Gasteiger partial charge in [-0.25, -0.2) is 0 Å². The van der Waals surface area contributed by atoms with Crippen molar-refractivity contribution in [3.63, 3.8) is 0 Å². The Morgan fingerprint density at radius 1 is 1.42 bits per heavy atom. The second-order valence-electron chi connectivity index (χ2n) is 5.06. The fourth-order valence-electron chi connectivity index (χ4n) is 2.49. The molecule has 5 heteroatoms. The van der Waals surface area contributed by atoms with Gasteiger partial charge in [0, 0.05) is 18.3 Å². The Morgan fingerprint density at radius 2 is 2.16 bits per heavy atom. The number of hydrogen-bond donors (Lipinski definition) is 2. The maximum atomic E-state index is 12.1. The largest absolute Gasteiger partial charge is 0.481 e. The van der Waals surface area contributed by atoms with E-state index in [1.165, 1.54) is 0 Å². The number of aliphatic carboxylic acids is 1. The van der Waals surface area contributed by atoms with Gasteiger partial charge in [-0.2, -0.15) is 0 Å². The highest BCUT2D eigenvalue weighted by molar-refractivity contribution is 5.81. The summed E-state index contributed by atoms with van der Waals surface area (Å²) in [5, 5.41) is 11.9. The molecule has 3 atom stereocenters. The Balaban J connectivity index is 1.90. The van der Waals surface area contributed by atoms with Crippen LogP contribution in [0.15, 0.2) is 24.5 Å². The van der Waals surface area contributed by atoms with Crippen LogP contribution in [0.4, 0.5) is 0 Å². The van der Waals surface area contributed by atoms with Gasteiger partial charge in [-0.3, -0.25) is 14.6 Å². The van der Waals surface area contributed by atoms with E-state index in [0.29, 0.717) is 19.3 Å². The van der Waals surface area contributed by atoms with Crippen molar-refractivity contribution >= 4 is 11.9 Å². The SMILES string of the molecule is C[C@H](NC(=O)C1CCC(C(=O)O)C1)c1cccnc1. The minimum Gasteiger partial charge on any atom is -0.481 e. The van der Waals surface area contributed by atoms with Gasteiger partial charge in [0.05, 0.1) is 12.0 Å². The molecule has 2 N–H and O–H groups in total. The van der Waals surface area contributed by atoms with Crippen molar-refractivity contribution in [3.8, 4) is 0 Å². The number of rotatable bonds is 4. The van der Waals surface area contributed by atoms with E-state index in [1.807, 2.05) is 19.1 Å². The predicted molar refractivity (Wildman–Crippen MR) is 69.3 cm³/mol. The molecule has 1 saturated carbocycles. The number of nitrogens with one attached hydrogen (secondary N) is 1. The molecule has 0 radical (unpaired) electrons. The van der Waals surface area contributed by atoms with Gasteiger partial charge < -0.3 is 10.4 Å². The minimum atomic E-state index is -0.796. The van der Waals surface area contributed by atoms with Crippen LogP contribution in [0.2, 0.25) is 0 Å². The second-order valence-corrected chi connectivity index (χ2v) is 5.06. The predicted octanol–water partition coefficient (Wildman–Crippen LogP) is 1.76. The highest BCUT2D eigenvalue weighted by atomic mass is 16.4. The summed E-state index contributed by atoms with van der Waals surface area (Å²) >= 11 is 0. The Hall–Kier alpha value is -1.91. The molecule has 0 aliphatic heterocycles. The molecule has 102 valence electrons. The molecule has 0 saturated heterocycles. The van der Waals surface area contributed by atoms with Crippen LogP contribution in [-0.4, -0.2) is 22.0 Å². The first kappa shape index (κ1) is 13.5. The van der Waals surface area contributed by atoms with Gasteiger partial charge in [-0.05, 0) is 37.8 Å². The molecule has 0 spiro atoms. The first-order valence-electron chi connectivity index (χ1n) is 6.51. The first-order valence-corrected chi connectivity index (χ1v) is 6.51. The third-order valence-corrected chi connectivity index (χ3v) is 3.70. The molecule has 1 aromatic heterocycles. The summed E-state index contributed by atoms with van der Waals surface area (Å²) in [6, 6.07) is 3.63. The van der Waals surface area contributed by atoms with Crippen LogP contribution in [0.25, 0.3) is 0 Å². The Labute approximate surface area is 112 Å². The standard InChI is InChI=1S/C14H18N2O3/c1-9(12-3-2-6-15-8-12)16-13(17)10-4-5-11(7-10)14(18)19/h2-3,6,8-11H,4-5,7H2,1H3,(H,16,17)(H,18,19)/t9-,10?,11?/m0/s1. The Kier molecular flexibility index (Phi) is 4.14. The normalized spacial score (nSPS) is 23.8. The van der Waals surface area contributed by atoms with Crippen molar-refractivity contribution in [3.05, 3.63) is 30.1 Å². The molecule has 1 amide bonds. The number of aromatic nitrogens is 1. The number of carbonyl (C=O) groups excluding carboxylic acids is 1. The molecule has 2 rings (SSSR count). The van der Waals surface area contributed by atoms with Gasteiger partial charge in [0.1, 0.15) is 0 Å². The topological polar surface area (TPSA) is 79.3 Å². The molecular formula is C14H18N2O3. The van der Waals surface area contributed by atoms with E-state index in [0.717, 1.165) is 5.56 Å². The van der Waals surface area contributed by atoms with Crippen LogP contribution in [0.5, 0.6) is 0 Å². The molecule has 1 aliphatic carbocycles. The van der Waals surface area contributed by atoms with Crippen molar-refractivity contribution in [2.24, 2.45) is 11.8 Å². The third-order valence-electron chi connectivity index (χ3n) is 3.70. The van der Waals surface area contributed by atoms with Crippen LogP contribution < -0.4 is 5.32 Å². The highest BCUT2D eigenvalue weighted by Crippen LogP contribution is 2.31. The van der Waals surface area contributed by atoms with E-state index < -0.39 is 5.97 Å². The lowest BCUT2D eigenvalue weighted by Crippen LogP contribution is -2.32. The maximum absolute atomic E-state index is 12.1. The highest BCUT2D eigenvalue weighted by Gasteiger charge is 2.34. The second kappa shape index (κ2) is 5.82. The van der Waals surface area contributed by atoms with Gasteiger partial charge >= 0.3 is 5.97 Å². The van der Waals surface area contributed by atoms with E-state index in [-0.39, 0.29) is 23.8 Å². The number of amides is 1. The van der Waals surface area contributed by atoms with Crippen molar-refractivity contribution in [2.75, 3.05) is 0 Å². The number of nitrogens with zero attached hydrogens (tertiary/aromatic N) is 1. The Bertz CT molecular complexity index is 461. The minimum absolute atomic E-state index is 0.0555. The van der Waals surface area contributed by atoms with Gasteiger partial charge in [-0.1, -0.05) is 6.07 Å². The summed E-state index contributed by atoms with van der Waals surface area (Å²) in [4.78, 5) is 27.0. The molecule has 1 aliphatic rings. The summed E-state index contributed by atoms with van der Waals surface area (Å²) in [7, 11) is 0. The molecule has 0 aromatic carbocycles. The van der Waals surface area contributed by atoms with Crippen LogP contribution in [0.1, 0.15) is 37.8 Å². The molecule has 2 unspecified atom stereocenters. The summed E-state index contributed by atoms with van der Waals surface area (Å²) in [6.45, 7) is 1.90. The van der Waals surface area contributed by atoms with Crippen molar-refractivity contribution in [2.45, 2.75) is 32.2 Å². The summed E-state index contributed by atoms with van der Waals surface area (Å²) in [5.41, 5.74) is 0.948. The van der Waals surface area contributed by atoms with E-state index in [2.05, 4.69) is 10.3 Å². The third kappa shape index (κ3) is 3.30. The molecule has 5 nitrogen and oxygen atoms in total. The number of carboxylic acids is 1. The number of carbonyl (C=O) groups is 2. The van der Waals surface area contributed by atoms with Gasteiger partial charge in [0.2, 0.25) is 5.91 Å². The molecule has 0 bridgehead atoms. The summed E-state index contributed by atoms with van der Waals surface area (Å²) in [6.07, 6.45) is 5.10. The van der Waals surface area contributed by atoms with Gasteiger partial charge in [-0.15, -0.1) is 0 Å². The Morgan fingerprint density at radius 3 is 2.74 bits per heavy atom. The van der Waals surface area contributed by atoms with Crippen molar-refractivity contribution in [1.29, 1.82) is 0 Å². The molecule has 1 fully saturated rings. The zero-order valence-electron chi connectivity index (χ0n) is 10.9. The molecule has 1 aromatic rings.